The molecule has 1 amide bonds. The second-order valence-corrected chi connectivity index (χ2v) is 6.45. The van der Waals surface area contributed by atoms with E-state index in [9.17, 15) is 9.18 Å². The molecule has 0 saturated carbocycles. The lowest BCUT2D eigenvalue weighted by atomic mass is 9.92. The number of hydrogen-bond acceptors (Lipinski definition) is 2. The highest BCUT2D eigenvalue weighted by Gasteiger charge is 2.29. The predicted molar refractivity (Wildman–Crippen MR) is 91.8 cm³/mol. The Balaban J connectivity index is 1.95. The van der Waals surface area contributed by atoms with Gasteiger partial charge in [0.2, 0.25) is 0 Å². The Labute approximate surface area is 143 Å². The molecule has 3 nitrogen and oxygen atoms in total. The van der Waals surface area contributed by atoms with Crippen LogP contribution in [0.15, 0.2) is 42.6 Å². The number of nitrogens with zero attached hydrogens (tertiary/aromatic N) is 1. The van der Waals surface area contributed by atoms with Crippen LogP contribution < -0.4 is 5.73 Å². The summed E-state index contributed by atoms with van der Waals surface area (Å²) in [5, 5.41) is 2.02. The summed E-state index contributed by atoms with van der Waals surface area (Å²) in [6.45, 7) is 0. The lowest BCUT2D eigenvalue weighted by molar-refractivity contribution is 0.100. The molecule has 0 saturated heterocycles. The highest BCUT2D eigenvalue weighted by molar-refractivity contribution is 6.30. The molecule has 2 N–H and O–H groups in total. The van der Waals surface area contributed by atoms with Gasteiger partial charge < -0.3 is 5.73 Å². The first-order chi connectivity index (χ1) is 11.6. The zero-order chi connectivity index (χ0) is 16.8. The fourth-order valence-corrected chi connectivity index (χ4v) is 3.83. The minimum absolute atomic E-state index is 0.0416. The summed E-state index contributed by atoms with van der Waals surface area (Å²) in [5.41, 5.74) is 8.26. The minimum Gasteiger partial charge on any atom is -0.366 e. The van der Waals surface area contributed by atoms with Crippen molar-refractivity contribution in [2.75, 3.05) is 0 Å². The number of amides is 1. The number of carbonyl (C=O) groups is 1. The minimum atomic E-state index is -0.508. The van der Waals surface area contributed by atoms with Gasteiger partial charge in [-0.25, -0.2) is 4.39 Å². The molecule has 0 aliphatic heterocycles. The molecule has 1 aliphatic carbocycles. The summed E-state index contributed by atoms with van der Waals surface area (Å²) >= 11 is 6.04. The molecule has 3 aromatic rings. The van der Waals surface area contributed by atoms with E-state index >= 15 is 0 Å². The number of nitrogens with two attached hydrogens (primary N) is 1. The molecular formula is C19H14ClFN2O. The first-order valence-corrected chi connectivity index (χ1v) is 8.09. The van der Waals surface area contributed by atoms with Crippen LogP contribution in [0.4, 0.5) is 4.39 Å². The van der Waals surface area contributed by atoms with E-state index in [2.05, 4.69) is 4.98 Å². The topological polar surface area (TPSA) is 56.0 Å². The van der Waals surface area contributed by atoms with Gasteiger partial charge in [0.05, 0.1) is 11.3 Å². The zero-order valence-corrected chi connectivity index (χ0v) is 13.5. The molecule has 1 heterocycles. The molecule has 1 aliphatic rings. The first kappa shape index (κ1) is 15.1. The Morgan fingerprint density at radius 1 is 1.25 bits per heavy atom. The van der Waals surface area contributed by atoms with Crippen molar-refractivity contribution >= 4 is 28.3 Å². The molecule has 5 heteroatoms. The molecule has 0 spiro atoms. The number of pyridine rings is 1. The molecular weight excluding hydrogens is 327 g/mol. The number of rotatable bonds is 2. The maximum absolute atomic E-state index is 14.2. The van der Waals surface area contributed by atoms with E-state index in [1.54, 1.807) is 0 Å². The third kappa shape index (κ3) is 2.26. The molecule has 0 fully saturated rings. The zero-order valence-electron chi connectivity index (χ0n) is 12.7. The highest BCUT2D eigenvalue weighted by atomic mass is 35.5. The Bertz CT molecular complexity index is 987. The molecule has 4 rings (SSSR count). The second kappa shape index (κ2) is 5.56. The summed E-state index contributed by atoms with van der Waals surface area (Å²) in [6.07, 6.45) is 2.93. The first-order valence-electron chi connectivity index (χ1n) is 7.71. The Hall–Kier alpha value is -2.46. The monoisotopic (exact) mass is 340 g/mol. The summed E-state index contributed by atoms with van der Waals surface area (Å²) in [4.78, 5) is 16.2. The maximum Gasteiger partial charge on any atom is 0.250 e. The number of benzene rings is 2. The SMILES string of the molecule is NC(=O)c1cnc([C@@H]2CCc3c(F)cc(Cl)cc32)c2ccccc12. The summed E-state index contributed by atoms with van der Waals surface area (Å²) in [6, 6.07) is 10.7. The van der Waals surface area contributed by atoms with Gasteiger partial charge in [-0.1, -0.05) is 35.9 Å². The number of aromatic nitrogens is 1. The average Bonchev–Trinajstić information content (AvgIpc) is 2.97. The van der Waals surface area contributed by atoms with Crippen LogP contribution in [0.3, 0.4) is 0 Å². The van der Waals surface area contributed by atoms with Crippen LogP contribution >= 0.6 is 11.6 Å². The fourth-order valence-electron chi connectivity index (χ4n) is 3.61. The molecule has 0 radical (unpaired) electrons. The van der Waals surface area contributed by atoms with Crippen molar-refractivity contribution < 1.29 is 9.18 Å². The molecule has 0 unspecified atom stereocenters. The van der Waals surface area contributed by atoms with Crippen molar-refractivity contribution in [3.63, 3.8) is 0 Å². The van der Waals surface area contributed by atoms with E-state index < -0.39 is 5.91 Å². The average molecular weight is 341 g/mol. The molecule has 1 aromatic heterocycles. The quantitative estimate of drug-likeness (QED) is 0.760. The second-order valence-electron chi connectivity index (χ2n) is 6.01. The summed E-state index contributed by atoms with van der Waals surface area (Å²) < 4.78 is 14.2. The van der Waals surface area contributed by atoms with Crippen molar-refractivity contribution in [3.05, 3.63) is 75.8 Å². The number of hydrogen-bond donors (Lipinski definition) is 1. The van der Waals surface area contributed by atoms with Crippen molar-refractivity contribution in [1.82, 2.24) is 4.98 Å². The molecule has 24 heavy (non-hydrogen) atoms. The van der Waals surface area contributed by atoms with Crippen LogP contribution in [0.2, 0.25) is 5.02 Å². The molecule has 0 bridgehead atoms. The number of halogens is 2. The normalized spacial score (nSPS) is 16.3. The number of fused-ring (bicyclic) bond motifs is 2. The third-order valence-corrected chi connectivity index (χ3v) is 4.89. The van der Waals surface area contributed by atoms with E-state index in [-0.39, 0.29) is 11.7 Å². The van der Waals surface area contributed by atoms with Crippen LogP contribution in [0, 0.1) is 5.82 Å². The van der Waals surface area contributed by atoms with Crippen LogP contribution in [0.25, 0.3) is 10.8 Å². The van der Waals surface area contributed by atoms with Gasteiger partial charge in [-0.2, -0.15) is 0 Å². The van der Waals surface area contributed by atoms with Crippen molar-refractivity contribution in [2.45, 2.75) is 18.8 Å². The van der Waals surface area contributed by atoms with E-state index in [1.807, 2.05) is 30.3 Å². The molecule has 2 aromatic carbocycles. The van der Waals surface area contributed by atoms with Crippen molar-refractivity contribution in [2.24, 2.45) is 5.73 Å². The smallest absolute Gasteiger partial charge is 0.250 e. The van der Waals surface area contributed by atoms with Gasteiger partial charge in [-0.3, -0.25) is 9.78 Å². The van der Waals surface area contributed by atoms with Crippen molar-refractivity contribution in [3.8, 4) is 0 Å². The van der Waals surface area contributed by atoms with Crippen molar-refractivity contribution in [1.29, 1.82) is 0 Å². The lowest BCUT2D eigenvalue weighted by Crippen LogP contribution is -2.13. The Kier molecular flexibility index (Phi) is 3.50. The van der Waals surface area contributed by atoms with Crippen LogP contribution in [-0.2, 0) is 6.42 Å². The van der Waals surface area contributed by atoms with Gasteiger partial charge in [0, 0.05) is 22.5 Å². The standard InChI is InChI=1S/C19H14ClFN2O/c20-10-7-15-12(17(21)8-10)5-6-14(15)18-13-4-2-1-3-11(13)16(9-23-18)19(22)24/h1-4,7-9,14H,5-6H2,(H2,22,24)/t14-/m1/s1. The third-order valence-electron chi connectivity index (χ3n) is 4.67. The predicted octanol–water partition coefficient (Wildman–Crippen LogP) is 4.20. The highest BCUT2D eigenvalue weighted by Crippen LogP contribution is 2.42. The van der Waals surface area contributed by atoms with E-state index in [1.165, 1.54) is 12.3 Å². The number of primary amides is 1. The lowest BCUT2D eigenvalue weighted by Gasteiger charge is -2.15. The summed E-state index contributed by atoms with van der Waals surface area (Å²) in [7, 11) is 0. The van der Waals surface area contributed by atoms with Crippen LogP contribution in [0.5, 0.6) is 0 Å². The summed E-state index contributed by atoms with van der Waals surface area (Å²) in [5.74, 6) is -0.816. The van der Waals surface area contributed by atoms with E-state index in [0.29, 0.717) is 22.6 Å². The Morgan fingerprint density at radius 3 is 2.75 bits per heavy atom. The van der Waals surface area contributed by atoms with Crippen LogP contribution in [0.1, 0.15) is 39.5 Å². The molecule has 1 atom stereocenters. The van der Waals surface area contributed by atoms with Gasteiger partial charge in [-0.05, 0) is 41.5 Å². The van der Waals surface area contributed by atoms with Gasteiger partial charge in [0.25, 0.3) is 5.91 Å². The van der Waals surface area contributed by atoms with Gasteiger partial charge >= 0.3 is 0 Å². The van der Waals surface area contributed by atoms with Gasteiger partial charge in [0.1, 0.15) is 5.82 Å². The largest absolute Gasteiger partial charge is 0.366 e. The Morgan fingerprint density at radius 2 is 2.00 bits per heavy atom. The van der Waals surface area contributed by atoms with E-state index in [4.69, 9.17) is 17.3 Å². The van der Waals surface area contributed by atoms with Crippen LogP contribution in [-0.4, -0.2) is 10.9 Å². The van der Waals surface area contributed by atoms with Gasteiger partial charge in [-0.15, -0.1) is 0 Å². The molecule has 120 valence electrons. The van der Waals surface area contributed by atoms with E-state index in [0.717, 1.165) is 28.5 Å². The van der Waals surface area contributed by atoms with Gasteiger partial charge in [0.15, 0.2) is 0 Å². The maximum atomic E-state index is 14.2. The number of carbonyl (C=O) groups excluding carboxylic acids is 1. The fraction of sp³-hybridized carbons (Fsp3) is 0.158.